The minimum absolute atomic E-state index is 0.738. The van der Waals surface area contributed by atoms with Crippen LogP contribution in [0.4, 0.5) is 0 Å². The molecule has 1 aromatic rings. The Hall–Kier alpha value is -1.22. The summed E-state index contributed by atoms with van der Waals surface area (Å²) in [6, 6.07) is 6.18. The molecule has 0 radical (unpaired) electrons. The molecule has 3 nitrogen and oxygen atoms in total. The summed E-state index contributed by atoms with van der Waals surface area (Å²) in [5, 5.41) is 0. The maximum atomic E-state index is 5.82. The molecule has 0 bridgehead atoms. The maximum absolute atomic E-state index is 5.82. The van der Waals surface area contributed by atoms with Gasteiger partial charge in [-0.25, -0.2) is 0 Å². The zero-order valence-corrected chi connectivity index (χ0v) is 11.4. The number of rotatable bonds is 6. The van der Waals surface area contributed by atoms with Crippen molar-refractivity contribution in [3.8, 4) is 11.5 Å². The largest absolute Gasteiger partial charge is 0.493 e. The second-order valence-corrected chi connectivity index (χ2v) is 4.74. The molecule has 0 saturated carbocycles. The van der Waals surface area contributed by atoms with Crippen molar-refractivity contribution in [2.45, 2.75) is 26.2 Å². The first kappa shape index (κ1) is 13.2. The molecule has 100 valence electrons. The second-order valence-electron chi connectivity index (χ2n) is 4.74. The Kier molecular flexibility index (Phi) is 4.88. The van der Waals surface area contributed by atoms with Gasteiger partial charge in [-0.1, -0.05) is 13.0 Å². The van der Waals surface area contributed by atoms with Crippen molar-refractivity contribution in [1.29, 1.82) is 0 Å². The van der Waals surface area contributed by atoms with Crippen LogP contribution in [0.2, 0.25) is 0 Å². The summed E-state index contributed by atoms with van der Waals surface area (Å²) in [7, 11) is 1.70. The number of likely N-dealkylation sites (tertiary alicyclic amines) is 1. The predicted molar refractivity (Wildman–Crippen MR) is 73.5 cm³/mol. The lowest BCUT2D eigenvalue weighted by Gasteiger charge is -2.16. The molecule has 0 aromatic heterocycles. The lowest BCUT2D eigenvalue weighted by Crippen LogP contribution is -2.25. The third-order valence-electron chi connectivity index (χ3n) is 3.50. The van der Waals surface area contributed by atoms with Crippen LogP contribution >= 0.6 is 0 Å². The number of ether oxygens (including phenoxy) is 2. The second kappa shape index (κ2) is 6.64. The Morgan fingerprint density at radius 2 is 1.94 bits per heavy atom. The number of nitrogens with zero attached hydrogens (tertiary/aromatic N) is 1. The quantitative estimate of drug-likeness (QED) is 0.774. The summed E-state index contributed by atoms with van der Waals surface area (Å²) in [5.41, 5.74) is 1.28. The van der Waals surface area contributed by atoms with Gasteiger partial charge in [-0.3, -0.25) is 4.90 Å². The Morgan fingerprint density at radius 1 is 1.17 bits per heavy atom. The fraction of sp³-hybridized carbons (Fsp3) is 0.600. The molecule has 1 aliphatic heterocycles. The van der Waals surface area contributed by atoms with E-state index in [2.05, 4.69) is 24.0 Å². The van der Waals surface area contributed by atoms with E-state index in [1.165, 1.54) is 31.5 Å². The maximum Gasteiger partial charge on any atom is 0.161 e. The van der Waals surface area contributed by atoms with Crippen molar-refractivity contribution in [2.24, 2.45) is 0 Å². The molecule has 18 heavy (non-hydrogen) atoms. The van der Waals surface area contributed by atoms with Gasteiger partial charge in [0.05, 0.1) is 7.11 Å². The Morgan fingerprint density at radius 3 is 2.61 bits per heavy atom. The first-order chi connectivity index (χ1) is 8.83. The van der Waals surface area contributed by atoms with Gasteiger partial charge in [-0.15, -0.1) is 0 Å². The number of hydrogen-bond donors (Lipinski definition) is 0. The van der Waals surface area contributed by atoms with Crippen LogP contribution in [0.25, 0.3) is 0 Å². The van der Waals surface area contributed by atoms with Crippen molar-refractivity contribution in [1.82, 2.24) is 4.90 Å². The topological polar surface area (TPSA) is 21.7 Å². The zero-order valence-electron chi connectivity index (χ0n) is 11.4. The molecule has 1 saturated heterocycles. The summed E-state index contributed by atoms with van der Waals surface area (Å²) < 4.78 is 11.2. The predicted octanol–water partition coefficient (Wildman–Crippen LogP) is 2.73. The lowest BCUT2D eigenvalue weighted by atomic mass is 10.1. The highest BCUT2D eigenvalue weighted by atomic mass is 16.5. The van der Waals surface area contributed by atoms with Gasteiger partial charge in [0.25, 0.3) is 0 Å². The molecule has 1 aliphatic rings. The van der Waals surface area contributed by atoms with Gasteiger partial charge in [0.2, 0.25) is 0 Å². The van der Waals surface area contributed by atoms with Crippen LogP contribution in [0.1, 0.15) is 25.3 Å². The first-order valence-corrected chi connectivity index (χ1v) is 6.85. The van der Waals surface area contributed by atoms with Gasteiger partial charge in [-0.05, 0) is 50.0 Å². The molecule has 1 heterocycles. The summed E-state index contributed by atoms with van der Waals surface area (Å²) in [5.74, 6) is 1.70. The van der Waals surface area contributed by atoms with E-state index >= 15 is 0 Å². The third-order valence-corrected chi connectivity index (χ3v) is 3.50. The molecule has 0 N–H and O–H groups in total. The lowest BCUT2D eigenvalue weighted by molar-refractivity contribution is 0.230. The third kappa shape index (κ3) is 3.39. The van der Waals surface area contributed by atoms with Crippen LogP contribution in [-0.2, 0) is 6.42 Å². The van der Waals surface area contributed by atoms with E-state index < -0.39 is 0 Å². The van der Waals surface area contributed by atoms with Crippen molar-refractivity contribution < 1.29 is 9.47 Å². The van der Waals surface area contributed by atoms with Crippen LogP contribution in [0.5, 0.6) is 11.5 Å². The average Bonchev–Trinajstić information content (AvgIpc) is 2.92. The minimum Gasteiger partial charge on any atom is -0.493 e. The molecule has 0 atom stereocenters. The molecular formula is C15H23NO2. The number of benzene rings is 1. The summed E-state index contributed by atoms with van der Waals surface area (Å²) in [6.07, 6.45) is 3.67. The van der Waals surface area contributed by atoms with Crippen molar-refractivity contribution in [3.63, 3.8) is 0 Å². The molecule has 0 unspecified atom stereocenters. The SMILES string of the molecule is CCc1ccc(OCCN2CCCC2)c(OC)c1. The summed E-state index contributed by atoms with van der Waals surface area (Å²) >= 11 is 0. The number of hydrogen-bond acceptors (Lipinski definition) is 3. The Balaban J connectivity index is 1.87. The monoisotopic (exact) mass is 249 g/mol. The fourth-order valence-corrected chi connectivity index (χ4v) is 2.34. The Bertz CT molecular complexity index is 373. The average molecular weight is 249 g/mol. The van der Waals surface area contributed by atoms with Crippen LogP contribution in [0.15, 0.2) is 18.2 Å². The van der Waals surface area contributed by atoms with Crippen LogP contribution in [-0.4, -0.2) is 38.3 Å². The van der Waals surface area contributed by atoms with Gasteiger partial charge < -0.3 is 9.47 Å². The number of methoxy groups -OCH3 is 1. The normalized spacial score (nSPS) is 15.9. The number of aryl methyl sites for hydroxylation is 1. The zero-order chi connectivity index (χ0) is 12.8. The molecule has 0 amide bonds. The molecule has 0 spiro atoms. The molecule has 2 rings (SSSR count). The molecule has 1 aromatic carbocycles. The van der Waals surface area contributed by atoms with E-state index in [0.29, 0.717) is 0 Å². The van der Waals surface area contributed by atoms with Crippen LogP contribution in [0.3, 0.4) is 0 Å². The molecule has 3 heteroatoms. The highest BCUT2D eigenvalue weighted by molar-refractivity contribution is 5.42. The van der Waals surface area contributed by atoms with E-state index in [9.17, 15) is 0 Å². The van der Waals surface area contributed by atoms with Gasteiger partial charge in [0.15, 0.2) is 11.5 Å². The van der Waals surface area contributed by atoms with Crippen LogP contribution < -0.4 is 9.47 Å². The summed E-state index contributed by atoms with van der Waals surface area (Å²) in [4.78, 5) is 2.45. The molecule has 0 aliphatic carbocycles. The van der Waals surface area contributed by atoms with Gasteiger partial charge in [0.1, 0.15) is 6.61 Å². The summed E-state index contributed by atoms with van der Waals surface area (Å²) in [6.45, 7) is 6.33. The fourth-order valence-electron chi connectivity index (χ4n) is 2.34. The van der Waals surface area contributed by atoms with E-state index in [0.717, 1.165) is 31.1 Å². The first-order valence-electron chi connectivity index (χ1n) is 6.85. The van der Waals surface area contributed by atoms with Crippen molar-refractivity contribution in [3.05, 3.63) is 23.8 Å². The van der Waals surface area contributed by atoms with E-state index in [-0.39, 0.29) is 0 Å². The van der Waals surface area contributed by atoms with E-state index in [1.54, 1.807) is 7.11 Å². The molecular weight excluding hydrogens is 226 g/mol. The molecule has 1 fully saturated rings. The standard InChI is InChI=1S/C15H23NO2/c1-3-13-6-7-14(15(12-13)17-2)18-11-10-16-8-4-5-9-16/h6-7,12H,3-5,8-11H2,1-2H3. The van der Waals surface area contributed by atoms with Gasteiger partial charge >= 0.3 is 0 Å². The van der Waals surface area contributed by atoms with E-state index in [4.69, 9.17) is 9.47 Å². The van der Waals surface area contributed by atoms with Gasteiger partial charge in [0, 0.05) is 6.54 Å². The van der Waals surface area contributed by atoms with E-state index in [1.807, 2.05) is 6.07 Å². The van der Waals surface area contributed by atoms with Crippen molar-refractivity contribution >= 4 is 0 Å². The van der Waals surface area contributed by atoms with Crippen molar-refractivity contribution in [2.75, 3.05) is 33.4 Å². The Labute approximate surface area is 110 Å². The highest BCUT2D eigenvalue weighted by Gasteiger charge is 2.11. The highest BCUT2D eigenvalue weighted by Crippen LogP contribution is 2.28. The van der Waals surface area contributed by atoms with Crippen LogP contribution in [0, 0.1) is 0 Å². The van der Waals surface area contributed by atoms with Gasteiger partial charge in [-0.2, -0.15) is 0 Å². The smallest absolute Gasteiger partial charge is 0.161 e. The minimum atomic E-state index is 0.738.